The van der Waals surface area contributed by atoms with Crippen molar-refractivity contribution in [3.63, 3.8) is 0 Å². The fourth-order valence-corrected chi connectivity index (χ4v) is 5.19. The van der Waals surface area contributed by atoms with E-state index in [0.29, 0.717) is 23.5 Å². The average Bonchev–Trinajstić information content (AvgIpc) is 3.57. The Balaban J connectivity index is 1.58. The standard InChI is InChI=1S/C24H25F2N3O3S/c1-13-5-7-19(17(25)9-13)27-23-20(10-14(2)24(30)29(23)3)28-33(31)22-12-16(22)15-6-8-21(32-4)18(26)11-15/h5-11,16,22,27-28H,12H2,1-4H3. The first-order chi connectivity index (χ1) is 15.7. The van der Waals surface area contributed by atoms with E-state index < -0.39 is 22.6 Å². The van der Waals surface area contributed by atoms with Gasteiger partial charge in [-0.25, -0.2) is 13.0 Å². The number of halogens is 2. The van der Waals surface area contributed by atoms with E-state index in [0.717, 1.165) is 11.1 Å². The highest BCUT2D eigenvalue weighted by atomic mass is 32.2. The zero-order valence-corrected chi connectivity index (χ0v) is 19.6. The van der Waals surface area contributed by atoms with Crippen molar-refractivity contribution in [1.82, 2.24) is 4.57 Å². The Morgan fingerprint density at radius 1 is 1.06 bits per heavy atom. The Kier molecular flexibility index (Phi) is 6.25. The Morgan fingerprint density at radius 2 is 1.82 bits per heavy atom. The fourth-order valence-electron chi connectivity index (χ4n) is 3.83. The Morgan fingerprint density at radius 3 is 2.48 bits per heavy atom. The van der Waals surface area contributed by atoms with E-state index in [1.54, 1.807) is 51.2 Å². The van der Waals surface area contributed by atoms with Crippen LogP contribution in [0.2, 0.25) is 0 Å². The zero-order chi connectivity index (χ0) is 23.9. The molecule has 0 saturated heterocycles. The maximum absolute atomic E-state index is 14.4. The monoisotopic (exact) mass is 473 g/mol. The highest BCUT2D eigenvalue weighted by Gasteiger charge is 2.44. The summed E-state index contributed by atoms with van der Waals surface area (Å²) in [6.07, 6.45) is 0.630. The summed E-state index contributed by atoms with van der Waals surface area (Å²) >= 11 is 0. The van der Waals surface area contributed by atoms with Crippen LogP contribution in [0, 0.1) is 25.5 Å². The lowest BCUT2D eigenvalue weighted by Crippen LogP contribution is -2.24. The lowest BCUT2D eigenvalue weighted by molar-refractivity contribution is 0.386. The summed E-state index contributed by atoms with van der Waals surface area (Å²) in [5.41, 5.74) is 2.34. The van der Waals surface area contributed by atoms with Gasteiger partial charge >= 0.3 is 0 Å². The smallest absolute Gasteiger partial charge is 0.254 e. The molecule has 2 aromatic carbocycles. The predicted octanol–water partition coefficient (Wildman–Crippen LogP) is 4.66. The van der Waals surface area contributed by atoms with Gasteiger partial charge in [0.15, 0.2) is 11.6 Å². The molecule has 1 saturated carbocycles. The van der Waals surface area contributed by atoms with Gasteiger partial charge in [0.25, 0.3) is 5.56 Å². The number of methoxy groups -OCH3 is 1. The molecule has 1 fully saturated rings. The molecule has 1 aromatic heterocycles. The van der Waals surface area contributed by atoms with E-state index >= 15 is 0 Å². The van der Waals surface area contributed by atoms with Gasteiger partial charge in [0.1, 0.15) is 22.6 Å². The number of hydrogen-bond acceptors (Lipinski definition) is 4. The molecule has 9 heteroatoms. The van der Waals surface area contributed by atoms with Gasteiger partial charge in [-0.05, 0) is 61.7 Å². The van der Waals surface area contributed by atoms with Crippen LogP contribution in [-0.2, 0) is 18.0 Å². The normalized spacial score (nSPS) is 18.0. The van der Waals surface area contributed by atoms with Crippen LogP contribution in [0.5, 0.6) is 5.75 Å². The van der Waals surface area contributed by atoms with E-state index in [9.17, 15) is 17.8 Å². The average molecular weight is 474 g/mol. The highest BCUT2D eigenvalue weighted by molar-refractivity contribution is 7.87. The fraction of sp³-hybridized carbons (Fsp3) is 0.292. The summed E-state index contributed by atoms with van der Waals surface area (Å²) in [5.74, 6) is -0.513. The van der Waals surface area contributed by atoms with Gasteiger partial charge in [0.2, 0.25) is 0 Å². The van der Waals surface area contributed by atoms with Crippen LogP contribution >= 0.6 is 0 Å². The number of rotatable bonds is 7. The Bertz CT molecular complexity index is 1310. The molecule has 3 aromatic rings. The van der Waals surface area contributed by atoms with Crippen molar-refractivity contribution in [3.8, 4) is 5.75 Å². The minimum Gasteiger partial charge on any atom is -0.494 e. The van der Waals surface area contributed by atoms with Crippen LogP contribution < -0.4 is 20.3 Å². The molecule has 1 heterocycles. The van der Waals surface area contributed by atoms with Crippen LogP contribution in [-0.4, -0.2) is 21.1 Å². The quantitative estimate of drug-likeness (QED) is 0.523. The van der Waals surface area contributed by atoms with Crippen molar-refractivity contribution in [2.75, 3.05) is 17.1 Å². The third-order valence-corrected chi connectivity index (χ3v) is 7.28. The predicted molar refractivity (Wildman–Crippen MR) is 127 cm³/mol. The number of hydrogen-bond donors (Lipinski definition) is 2. The number of nitrogens with zero attached hydrogens (tertiary/aromatic N) is 1. The molecule has 0 radical (unpaired) electrons. The number of benzene rings is 2. The van der Waals surface area contributed by atoms with E-state index in [1.807, 2.05) is 0 Å². The van der Waals surface area contributed by atoms with Gasteiger partial charge in [-0.3, -0.25) is 9.36 Å². The summed E-state index contributed by atoms with van der Waals surface area (Å²) in [6.45, 7) is 3.44. The number of pyridine rings is 1. The first kappa shape index (κ1) is 23.0. The number of anilines is 3. The van der Waals surface area contributed by atoms with Crippen molar-refractivity contribution in [3.05, 3.63) is 81.1 Å². The molecule has 3 unspecified atom stereocenters. The SMILES string of the molecule is COc1ccc(C2CC2S(=O)Nc2cc(C)c(=O)n(C)c2Nc2ccc(C)cc2F)cc1F. The van der Waals surface area contributed by atoms with Gasteiger partial charge in [0.05, 0.1) is 23.7 Å². The first-order valence-electron chi connectivity index (χ1n) is 10.4. The zero-order valence-electron chi connectivity index (χ0n) is 18.7. The maximum Gasteiger partial charge on any atom is 0.254 e. The summed E-state index contributed by atoms with van der Waals surface area (Å²) in [6, 6.07) is 11.1. The van der Waals surface area contributed by atoms with Gasteiger partial charge in [-0.2, -0.15) is 0 Å². The van der Waals surface area contributed by atoms with Crippen molar-refractivity contribution in [2.45, 2.75) is 31.4 Å². The van der Waals surface area contributed by atoms with Crippen LogP contribution in [0.25, 0.3) is 0 Å². The van der Waals surface area contributed by atoms with Crippen LogP contribution in [0.4, 0.5) is 26.0 Å². The minimum absolute atomic E-state index is 0.0571. The molecule has 1 aliphatic carbocycles. The van der Waals surface area contributed by atoms with Crippen molar-refractivity contribution < 1.29 is 17.7 Å². The second-order valence-electron chi connectivity index (χ2n) is 8.24. The largest absolute Gasteiger partial charge is 0.494 e. The summed E-state index contributed by atoms with van der Waals surface area (Å²) in [5, 5.41) is 2.74. The summed E-state index contributed by atoms with van der Waals surface area (Å²) < 4.78 is 50.9. The molecule has 0 aliphatic heterocycles. The third kappa shape index (κ3) is 4.64. The number of nitrogens with one attached hydrogen (secondary N) is 2. The van der Waals surface area contributed by atoms with Gasteiger partial charge in [-0.1, -0.05) is 12.1 Å². The second kappa shape index (κ2) is 8.97. The molecular formula is C24H25F2N3O3S. The van der Waals surface area contributed by atoms with Crippen molar-refractivity contribution in [1.29, 1.82) is 0 Å². The molecular weight excluding hydrogens is 448 g/mol. The molecule has 2 N–H and O–H groups in total. The topological polar surface area (TPSA) is 72.4 Å². The molecule has 33 heavy (non-hydrogen) atoms. The number of aromatic nitrogens is 1. The third-order valence-electron chi connectivity index (χ3n) is 5.79. The number of ether oxygens (including phenoxy) is 1. The first-order valence-corrected chi connectivity index (χ1v) is 11.7. The molecule has 6 nitrogen and oxygen atoms in total. The van der Waals surface area contributed by atoms with E-state index in [2.05, 4.69) is 10.0 Å². The summed E-state index contributed by atoms with van der Waals surface area (Å²) in [7, 11) is 1.46. The van der Waals surface area contributed by atoms with Crippen LogP contribution in [0.3, 0.4) is 0 Å². The number of aryl methyl sites for hydroxylation is 2. The second-order valence-corrected chi connectivity index (χ2v) is 9.64. The molecule has 0 spiro atoms. The lowest BCUT2D eigenvalue weighted by Gasteiger charge is -2.18. The molecule has 1 aliphatic rings. The van der Waals surface area contributed by atoms with Crippen molar-refractivity contribution in [2.24, 2.45) is 7.05 Å². The Labute approximate surface area is 193 Å². The van der Waals surface area contributed by atoms with Gasteiger partial charge in [0, 0.05) is 18.5 Å². The van der Waals surface area contributed by atoms with Crippen molar-refractivity contribution >= 4 is 28.2 Å². The van der Waals surface area contributed by atoms with E-state index in [4.69, 9.17) is 4.74 Å². The maximum atomic E-state index is 14.4. The lowest BCUT2D eigenvalue weighted by atomic mass is 10.1. The van der Waals surface area contributed by atoms with Crippen LogP contribution in [0.15, 0.2) is 47.3 Å². The Hall–Kier alpha value is -3.20. The summed E-state index contributed by atoms with van der Waals surface area (Å²) in [4.78, 5) is 12.5. The molecule has 174 valence electrons. The highest BCUT2D eigenvalue weighted by Crippen LogP contribution is 2.46. The molecule has 3 atom stereocenters. The van der Waals surface area contributed by atoms with Gasteiger partial charge < -0.3 is 14.8 Å². The van der Waals surface area contributed by atoms with E-state index in [-0.39, 0.29) is 28.2 Å². The molecule has 0 bridgehead atoms. The molecule has 0 amide bonds. The van der Waals surface area contributed by atoms with E-state index in [1.165, 1.54) is 23.8 Å². The molecule has 4 rings (SSSR count). The van der Waals surface area contributed by atoms with Crippen LogP contribution in [0.1, 0.15) is 29.0 Å². The minimum atomic E-state index is -1.51. The van der Waals surface area contributed by atoms with Gasteiger partial charge in [-0.15, -0.1) is 0 Å².